The SMILES string of the molecule is c1ccc(C2CC2)c(CN2CCCCC2)c1. The van der Waals surface area contributed by atoms with Gasteiger partial charge < -0.3 is 0 Å². The van der Waals surface area contributed by atoms with E-state index in [1.54, 1.807) is 11.1 Å². The number of rotatable bonds is 3. The van der Waals surface area contributed by atoms with Crippen molar-refractivity contribution in [3.8, 4) is 0 Å². The molecule has 1 saturated carbocycles. The van der Waals surface area contributed by atoms with Crippen LogP contribution >= 0.6 is 0 Å². The molecule has 0 atom stereocenters. The maximum absolute atomic E-state index is 2.63. The summed E-state index contributed by atoms with van der Waals surface area (Å²) in [6, 6.07) is 9.08. The smallest absolute Gasteiger partial charge is 0.0236 e. The minimum absolute atomic E-state index is 0.890. The first-order valence-corrected chi connectivity index (χ1v) is 6.73. The number of benzene rings is 1. The monoisotopic (exact) mass is 215 g/mol. The topological polar surface area (TPSA) is 3.24 Å². The number of hydrogen-bond acceptors (Lipinski definition) is 1. The third kappa shape index (κ3) is 2.30. The van der Waals surface area contributed by atoms with E-state index in [4.69, 9.17) is 0 Å². The Balaban J connectivity index is 1.72. The van der Waals surface area contributed by atoms with Gasteiger partial charge in [0.15, 0.2) is 0 Å². The van der Waals surface area contributed by atoms with Crippen LogP contribution in [-0.4, -0.2) is 18.0 Å². The van der Waals surface area contributed by atoms with Gasteiger partial charge in [-0.1, -0.05) is 30.7 Å². The van der Waals surface area contributed by atoms with Crippen LogP contribution in [0.1, 0.15) is 49.1 Å². The molecule has 0 radical (unpaired) electrons. The average molecular weight is 215 g/mol. The summed E-state index contributed by atoms with van der Waals surface area (Å²) in [5.41, 5.74) is 3.22. The van der Waals surface area contributed by atoms with Crippen molar-refractivity contribution in [2.24, 2.45) is 0 Å². The first kappa shape index (κ1) is 10.3. The molecule has 1 aromatic carbocycles. The molecule has 1 heteroatoms. The molecule has 3 rings (SSSR count). The molecule has 1 aliphatic heterocycles. The quantitative estimate of drug-likeness (QED) is 0.745. The summed E-state index contributed by atoms with van der Waals surface area (Å²) in [6.07, 6.45) is 7.05. The summed E-state index contributed by atoms with van der Waals surface area (Å²) in [5.74, 6) is 0.890. The van der Waals surface area contributed by atoms with Crippen LogP contribution in [0.3, 0.4) is 0 Å². The number of likely N-dealkylation sites (tertiary alicyclic amines) is 1. The fraction of sp³-hybridized carbons (Fsp3) is 0.600. The van der Waals surface area contributed by atoms with Gasteiger partial charge >= 0.3 is 0 Å². The summed E-state index contributed by atoms with van der Waals surface area (Å²) in [7, 11) is 0. The molecule has 1 nitrogen and oxygen atoms in total. The van der Waals surface area contributed by atoms with Crippen molar-refractivity contribution < 1.29 is 0 Å². The molecule has 86 valence electrons. The normalized spacial score (nSPS) is 22.2. The van der Waals surface area contributed by atoms with E-state index in [2.05, 4.69) is 29.2 Å². The lowest BCUT2D eigenvalue weighted by Gasteiger charge is -2.27. The van der Waals surface area contributed by atoms with E-state index in [-0.39, 0.29) is 0 Å². The minimum Gasteiger partial charge on any atom is -0.299 e. The van der Waals surface area contributed by atoms with E-state index in [1.165, 1.54) is 51.7 Å². The van der Waals surface area contributed by atoms with Crippen molar-refractivity contribution in [2.45, 2.75) is 44.6 Å². The van der Waals surface area contributed by atoms with Crippen molar-refractivity contribution in [2.75, 3.05) is 13.1 Å². The summed E-state index contributed by atoms with van der Waals surface area (Å²) in [4.78, 5) is 2.63. The first-order valence-electron chi connectivity index (χ1n) is 6.73. The molecule has 2 fully saturated rings. The Hall–Kier alpha value is -0.820. The Bertz CT molecular complexity index is 348. The molecule has 0 bridgehead atoms. The van der Waals surface area contributed by atoms with Crippen LogP contribution in [-0.2, 0) is 6.54 Å². The van der Waals surface area contributed by atoms with Gasteiger partial charge in [0.1, 0.15) is 0 Å². The molecular formula is C15H21N. The summed E-state index contributed by atoms with van der Waals surface area (Å²) < 4.78 is 0. The highest BCUT2D eigenvalue weighted by Gasteiger charge is 2.26. The predicted molar refractivity (Wildman–Crippen MR) is 67.5 cm³/mol. The standard InChI is InChI=1S/C15H21N/c1-4-10-16(11-5-1)12-14-6-2-3-7-15(14)13-8-9-13/h2-3,6-7,13H,1,4-5,8-12H2. The third-order valence-electron chi connectivity index (χ3n) is 3.91. The molecule has 0 unspecified atom stereocenters. The van der Waals surface area contributed by atoms with Crippen LogP contribution in [0.15, 0.2) is 24.3 Å². The van der Waals surface area contributed by atoms with E-state index in [1.807, 2.05) is 0 Å². The van der Waals surface area contributed by atoms with Gasteiger partial charge in [0.25, 0.3) is 0 Å². The first-order chi connectivity index (χ1) is 7.93. The van der Waals surface area contributed by atoms with Gasteiger partial charge in [-0.3, -0.25) is 4.90 Å². The van der Waals surface area contributed by atoms with Gasteiger partial charge in [-0.2, -0.15) is 0 Å². The maximum Gasteiger partial charge on any atom is 0.0236 e. The fourth-order valence-corrected chi connectivity index (χ4v) is 2.83. The van der Waals surface area contributed by atoms with E-state index >= 15 is 0 Å². The van der Waals surface area contributed by atoms with Gasteiger partial charge in [-0.25, -0.2) is 0 Å². The van der Waals surface area contributed by atoms with Crippen LogP contribution < -0.4 is 0 Å². The van der Waals surface area contributed by atoms with Gasteiger partial charge in [-0.05, 0) is 55.8 Å². The molecule has 2 aliphatic rings. The highest BCUT2D eigenvalue weighted by molar-refractivity contribution is 5.33. The average Bonchev–Trinajstić information content (AvgIpc) is 3.15. The molecule has 1 saturated heterocycles. The van der Waals surface area contributed by atoms with Crippen molar-refractivity contribution in [1.29, 1.82) is 0 Å². The van der Waals surface area contributed by atoms with Crippen molar-refractivity contribution in [3.05, 3.63) is 35.4 Å². The van der Waals surface area contributed by atoms with Crippen LogP contribution in [0, 0.1) is 0 Å². The predicted octanol–water partition coefficient (Wildman–Crippen LogP) is 3.55. The third-order valence-corrected chi connectivity index (χ3v) is 3.91. The lowest BCUT2D eigenvalue weighted by molar-refractivity contribution is 0.220. The highest BCUT2D eigenvalue weighted by atomic mass is 15.1. The summed E-state index contributed by atoms with van der Waals surface area (Å²) in [6.45, 7) is 3.80. The lowest BCUT2D eigenvalue weighted by atomic mass is 10.0. The highest BCUT2D eigenvalue weighted by Crippen LogP contribution is 2.41. The Morgan fingerprint density at radius 3 is 2.50 bits per heavy atom. The molecular weight excluding hydrogens is 194 g/mol. The van der Waals surface area contributed by atoms with E-state index in [9.17, 15) is 0 Å². The molecule has 16 heavy (non-hydrogen) atoms. The number of piperidine rings is 1. The zero-order valence-electron chi connectivity index (χ0n) is 9.99. The van der Waals surface area contributed by atoms with Crippen molar-refractivity contribution in [3.63, 3.8) is 0 Å². The Kier molecular flexibility index (Phi) is 2.96. The second kappa shape index (κ2) is 4.58. The van der Waals surface area contributed by atoms with Crippen molar-refractivity contribution >= 4 is 0 Å². The van der Waals surface area contributed by atoms with Crippen LogP contribution in [0.2, 0.25) is 0 Å². The lowest BCUT2D eigenvalue weighted by Crippen LogP contribution is -2.29. The second-order valence-corrected chi connectivity index (χ2v) is 5.31. The Labute approximate surface area is 98.5 Å². The van der Waals surface area contributed by atoms with Crippen LogP contribution in [0.25, 0.3) is 0 Å². The van der Waals surface area contributed by atoms with E-state index < -0.39 is 0 Å². The minimum atomic E-state index is 0.890. The maximum atomic E-state index is 2.63. The van der Waals surface area contributed by atoms with Gasteiger partial charge in [0.2, 0.25) is 0 Å². The molecule has 1 heterocycles. The zero-order valence-corrected chi connectivity index (χ0v) is 9.99. The van der Waals surface area contributed by atoms with Crippen molar-refractivity contribution in [1.82, 2.24) is 4.90 Å². The Morgan fingerprint density at radius 1 is 1.00 bits per heavy atom. The fourth-order valence-electron chi connectivity index (χ4n) is 2.83. The second-order valence-electron chi connectivity index (χ2n) is 5.31. The summed E-state index contributed by atoms with van der Waals surface area (Å²) in [5, 5.41) is 0. The largest absolute Gasteiger partial charge is 0.299 e. The molecule has 0 N–H and O–H groups in total. The molecule has 1 aliphatic carbocycles. The van der Waals surface area contributed by atoms with Gasteiger partial charge in [-0.15, -0.1) is 0 Å². The van der Waals surface area contributed by atoms with E-state index in [0.717, 1.165) is 5.92 Å². The van der Waals surface area contributed by atoms with Gasteiger partial charge in [0, 0.05) is 6.54 Å². The molecule has 0 amide bonds. The van der Waals surface area contributed by atoms with Crippen LogP contribution in [0.4, 0.5) is 0 Å². The molecule has 0 aromatic heterocycles. The van der Waals surface area contributed by atoms with Gasteiger partial charge in [0.05, 0.1) is 0 Å². The number of nitrogens with zero attached hydrogens (tertiary/aromatic N) is 1. The molecule has 0 spiro atoms. The zero-order chi connectivity index (χ0) is 10.8. The number of hydrogen-bond donors (Lipinski definition) is 0. The van der Waals surface area contributed by atoms with Crippen LogP contribution in [0.5, 0.6) is 0 Å². The van der Waals surface area contributed by atoms with E-state index in [0.29, 0.717) is 0 Å². The Morgan fingerprint density at radius 2 is 1.75 bits per heavy atom. The molecule has 1 aromatic rings. The summed E-state index contributed by atoms with van der Waals surface area (Å²) >= 11 is 0.